The van der Waals surface area contributed by atoms with Crippen LogP contribution in [-0.2, 0) is 6.18 Å². The molecule has 0 fully saturated rings. The Kier molecular flexibility index (Phi) is 3.12. The van der Waals surface area contributed by atoms with Crippen LogP contribution < -0.4 is 0 Å². The Balaban J connectivity index is 2.46. The van der Waals surface area contributed by atoms with Crippen molar-refractivity contribution >= 4 is 11.3 Å². The maximum Gasteiger partial charge on any atom is 0.416 e. The molecule has 2 heterocycles. The molecular weight excluding hydrogens is 253 g/mol. The van der Waals surface area contributed by atoms with Crippen molar-refractivity contribution in [3.8, 4) is 0 Å². The van der Waals surface area contributed by atoms with Gasteiger partial charge in [-0.15, -0.1) is 11.3 Å². The third-order valence-electron chi connectivity index (χ3n) is 2.14. The van der Waals surface area contributed by atoms with Crippen molar-refractivity contribution in [2.24, 2.45) is 0 Å². The zero-order chi connectivity index (χ0) is 12.5. The molecule has 2 rings (SSSR count). The van der Waals surface area contributed by atoms with E-state index in [1.165, 1.54) is 6.20 Å². The Labute approximate surface area is 98.6 Å². The van der Waals surface area contributed by atoms with Crippen LogP contribution >= 0.6 is 11.3 Å². The molecular formula is C10H7F3N2OS. The Morgan fingerprint density at radius 2 is 2.06 bits per heavy atom. The predicted octanol–water partition coefficient (Wildman–Crippen LogP) is 2.64. The van der Waals surface area contributed by atoms with Crippen LogP contribution in [0.15, 0.2) is 30.0 Å². The number of thiazole rings is 1. The first kappa shape index (κ1) is 12.0. The van der Waals surface area contributed by atoms with Crippen molar-refractivity contribution in [3.63, 3.8) is 0 Å². The Morgan fingerprint density at radius 3 is 2.65 bits per heavy atom. The summed E-state index contributed by atoms with van der Waals surface area (Å²) in [5, 5.41) is 11.6. The molecule has 17 heavy (non-hydrogen) atoms. The average Bonchev–Trinajstić information content (AvgIpc) is 2.80. The summed E-state index contributed by atoms with van der Waals surface area (Å²) in [6.07, 6.45) is -2.44. The van der Waals surface area contributed by atoms with E-state index in [0.717, 1.165) is 29.8 Å². The number of aliphatic hydroxyl groups is 1. The summed E-state index contributed by atoms with van der Waals surface area (Å²) >= 11 is 1.09. The summed E-state index contributed by atoms with van der Waals surface area (Å²) in [4.78, 5) is 7.40. The van der Waals surface area contributed by atoms with Crippen LogP contribution in [0.5, 0.6) is 0 Å². The van der Waals surface area contributed by atoms with Gasteiger partial charge in [-0.25, -0.2) is 4.98 Å². The lowest BCUT2D eigenvalue weighted by Gasteiger charge is -2.15. The van der Waals surface area contributed by atoms with Crippen molar-refractivity contribution in [1.29, 1.82) is 0 Å². The molecule has 0 bridgehead atoms. The minimum absolute atomic E-state index is 0.212. The minimum atomic E-state index is -4.52. The second-order valence-corrected chi connectivity index (χ2v) is 4.16. The molecule has 7 heteroatoms. The lowest BCUT2D eigenvalue weighted by atomic mass is 10.1. The first-order valence-electron chi connectivity index (χ1n) is 4.58. The zero-order valence-corrected chi connectivity index (χ0v) is 9.16. The van der Waals surface area contributed by atoms with E-state index < -0.39 is 17.8 Å². The molecule has 0 saturated heterocycles. The number of pyridine rings is 1. The number of aromatic nitrogens is 2. The van der Waals surface area contributed by atoms with Gasteiger partial charge in [-0.3, -0.25) is 4.98 Å². The number of alkyl halides is 3. The Morgan fingerprint density at radius 1 is 1.29 bits per heavy atom. The number of rotatable bonds is 2. The number of nitrogens with zero attached hydrogens (tertiary/aromatic N) is 2. The number of hydrogen-bond acceptors (Lipinski definition) is 4. The molecule has 90 valence electrons. The quantitative estimate of drug-likeness (QED) is 0.902. The molecule has 0 aliphatic rings. The number of aliphatic hydroxyl groups excluding tert-OH is 1. The molecule has 0 spiro atoms. The molecule has 1 unspecified atom stereocenters. The van der Waals surface area contributed by atoms with Gasteiger partial charge in [0.25, 0.3) is 0 Å². The zero-order valence-electron chi connectivity index (χ0n) is 8.35. The minimum Gasteiger partial charge on any atom is -0.381 e. The van der Waals surface area contributed by atoms with Crippen molar-refractivity contribution < 1.29 is 18.3 Å². The van der Waals surface area contributed by atoms with Gasteiger partial charge in [-0.1, -0.05) is 0 Å². The van der Waals surface area contributed by atoms with Crippen LogP contribution in [0, 0.1) is 0 Å². The van der Waals surface area contributed by atoms with Crippen molar-refractivity contribution in [2.75, 3.05) is 0 Å². The highest BCUT2D eigenvalue weighted by atomic mass is 32.1. The highest BCUT2D eigenvalue weighted by molar-refractivity contribution is 7.09. The third-order valence-corrected chi connectivity index (χ3v) is 2.97. The van der Waals surface area contributed by atoms with Gasteiger partial charge in [0.05, 0.1) is 5.56 Å². The van der Waals surface area contributed by atoms with E-state index in [-0.39, 0.29) is 10.6 Å². The molecule has 1 atom stereocenters. The summed E-state index contributed by atoms with van der Waals surface area (Å²) in [5.74, 6) is 0. The first-order chi connectivity index (χ1) is 8.00. The smallest absolute Gasteiger partial charge is 0.381 e. The van der Waals surface area contributed by atoms with Crippen LogP contribution in [0.25, 0.3) is 0 Å². The van der Waals surface area contributed by atoms with E-state index in [9.17, 15) is 18.3 Å². The number of hydrogen-bond donors (Lipinski definition) is 1. The average molecular weight is 260 g/mol. The molecule has 1 N–H and O–H groups in total. The van der Waals surface area contributed by atoms with Gasteiger partial charge in [-0.05, 0) is 6.07 Å². The van der Waals surface area contributed by atoms with Crippen LogP contribution in [0.3, 0.4) is 0 Å². The molecule has 0 amide bonds. The summed E-state index contributed by atoms with van der Waals surface area (Å²) in [5.41, 5.74) is -1.18. The van der Waals surface area contributed by atoms with Crippen LogP contribution in [-0.4, -0.2) is 15.1 Å². The van der Waals surface area contributed by atoms with Gasteiger partial charge in [0.1, 0.15) is 11.1 Å². The maximum absolute atomic E-state index is 12.7. The van der Waals surface area contributed by atoms with E-state index in [1.54, 1.807) is 5.38 Å². The van der Waals surface area contributed by atoms with Crippen molar-refractivity contribution in [2.45, 2.75) is 12.3 Å². The lowest BCUT2D eigenvalue weighted by Crippen LogP contribution is -2.13. The van der Waals surface area contributed by atoms with E-state index in [4.69, 9.17) is 0 Å². The normalized spacial score (nSPS) is 13.6. The van der Waals surface area contributed by atoms with Gasteiger partial charge in [-0.2, -0.15) is 13.2 Å². The van der Waals surface area contributed by atoms with E-state index >= 15 is 0 Å². The van der Waals surface area contributed by atoms with Crippen LogP contribution in [0.4, 0.5) is 13.2 Å². The van der Waals surface area contributed by atoms with Crippen LogP contribution in [0.1, 0.15) is 22.2 Å². The fourth-order valence-electron chi connectivity index (χ4n) is 1.39. The third kappa shape index (κ3) is 2.45. The highest BCUT2D eigenvalue weighted by Gasteiger charge is 2.35. The summed E-state index contributed by atoms with van der Waals surface area (Å²) in [7, 11) is 0. The van der Waals surface area contributed by atoms with Gasteiger partial charge >= 0.3 is 6.18 Å². The SMILES string of the molecule is OC(c1nccs1)c1cnccc1C(F)(F)F. The molecule has 2 aromatic heterocycles. The standard InChI is InChI=1S/C10H7F3N2OS/c11-10(12,13)7-1-2-14-5-6(7)8(16)9-15-3-4-17-9/h1-5,8,16H. The maximum atomic E-state index is 12.7. The predicted molar refractivity (Wildman–Crippen MR) is 55.4 cm³/mol. The first-order valence-corrected chi connectivity index (χ1v) is 5.46. The van der Waals surface area contributed by atoms with Gasteiger partial charge < -0.3 is 5.11 Å². The molecule has 0 saturated carbocycles. The van der Waals surface area contributed by atoms with E-state index in [1.807, 2.05) is 0 Å². The fourth-order valence-corrected chi connectivity index (χ4v) is 2.02. The monoisotopic (exact) mass is 260 g/mol. The van der Waals surface area contributed by atoms with Gasteiger partial charge in [0.2, 0.25) is 0 Å². The highest BCUT2D eigenvalue weighted by Crippen LogP contribution is 2.36. The van der Waals surface area contributed by atoms with Crippen LogP contribution in [0.2, 0.25) is 0 Å². The van der Waals surface area contributed by atoms with E-state index in [0.29, 0.717) is 0 Å². The second-order valence-electron chi connectivity index (χ2n) is 3.23. The molecule has 2 aromatic rings. The molecule has 0 aromatic carbocycles. The Bertz CT molecular complexity index is 499. The summed E-state index contributed by atoms with van der Waals surface area (Å²) in [6.45, 7) is 0. The van der Waals surface area contributed by atoms with Crippen molar-refractivity contribution in [1.82, 2.24) is 9.97 Å². The topological polar surface area (TPSA) is 46.0 Å². The molecule has 0 aliphatic carbocycles. The Hall–Kier alpha value is -1.47. The lowest BCUT2D eigenvalue weighted by molar-refractivity contribution is -0.139. The summed E-state index contributed by atoms with van der Waals surface area (Å²) in [6, 6.07) is 0.839. The summed E-state index contributed by atoms with van der Waals surface area (Å²) < 4.78 is 38.1. The van der Waals surface area contributed by atoms with Crippen molar-refractivity contribution in [3.05, 3.63) is 46.2 Å². The van der Waals surface area contributed by atoms with E-state index in [2.05, 4.69) is 9.97 Å². The fraction of sp³-hybridized carbons (Fsp3) is 0.200. The largest absolute Gasteiger partial charge is 0.416 e. The second kappa shape index (κ2) is 4.42. The van der Waals surface area contributed by atoms with Gasteiger partial charge in [0.15, 0.2) is 0 Å². The number of halogens is 3. The molecule has 0 aliphatic heterocycles. The van der Waals surface area contributed by atoms with Gasteiger partial charge in [0, 0.05) is 29.5 Å². The molecule has 0 radical (unpaired) electrons. The molecule has 3 nitrogen and oxygen atoms in total.